The molecule has 0 radical (unpaired) electrons. The van der Waals surface area contributed by atoms with Gasteiger partial charge in [-0.05, 0) is 32.2 Å². The molecule has 0 atom stereocenters. The highest BCUT2D eigenvalue weighted by molar-refractivity contribution is 5.42. The van der Waals surface area contributed by atoms with Crippen molar-refractivity contribution in [3.63, 3.8) is 0 Å². The number of anilines is 1. The molecule has 2 heterocycles. The van der Waals surface area contributed by atoms with Crippen LogP contribution in [0.15, 0.2) is 6.07 Å². The maximum atomic E-state index is 5.69. The second kappa shape index (κ2) is 5.31. The van der Waals surface area contributed by atoms with E-state index in [1.165, 1.54) is 0 Å². The standard InChI is InChI=1S/C12H20N4O/c1-9-14-11(7-12(15-9)17-2)16-5-3-10(8-13)4-6-16/h7,10H,3-6,8,13H2,1-2H3. The zero-order chi connectivity index (χ0) is 12.3. The number of nitrogens with two attached hydrogens (primary N) is 1. The summed E-state index contributed by atoms with van der Waals surface area (Å²) >= 11 is 0. The van der Waals surface area contributed by atoms with Gasteiger partial charge in [-0.2, -0.15) is 4.98 Å². The van der Waals surface area contributed by atoms with E-state index in [2.05, 4.69) is 14.9 Å². The highest BCUT2D eigenvalue weighted by Crippen LogP contribution is 2.23. The number of hydrogen-bond acceptors (Lipinski definition) is 5. The Labute approximate surface area is 102 Å². The fourth-order valence-corrected chi connectivity index (χ4v) is 2.19. The van der Waals surface area contributed by atoms with Gasteiger partial charge in [0, 0.05) is 19.2 Å². The zero-order valence-electron chi connectivity index (χ0n) is 10.5. The van der Waals surface area contributed by atoms with Crippen LogP contribution in [0.25, 0.3) is 0 Å². The molecule has 5 nitrogen and oxygen atoms in total. The van der Waals surface area contributed by atoms with Crippen LogP contribution in [0.4, 0.5) is 5.82 Å². The second-order valence-electron chi connectivity index (χ2n) is 4.48. The fourth-order valence-electron chi connectivity index (χ4n) is 2.19. The van der Waals surface area contributed by atoms with E-state index in [1.54, 1.807) is 7.11 Å². The van der Waals surface area contributed by atoms with E-state index in [4.69, 9.17) is 10.5 Å². The molecule has 0 bridgehead atoms. The van der Waals surface area contributed by atoms with E-state index in [-0.39, 0.29) is 0 Å². The van der Waals surface area contributed by atoms with Gasteiger partial charge in [0.25, 0.3) is 0 Å². The molecule has 2 N–H and O–H groups in total. The lowest BCUT2D eigenvalue weighted by molar-refractivity contribution is 0.392. The van der Waals surface area contributed by atoms with Gasteiger partial charge in [-0.1, -0.05) is 0 Å². The molecule has 17 heavy (non-hydrogen) atoms. The molecule has 1 fully saturated rings. The Kier molecular flexibility index (Phi) is 3.78. The van der Waals surface area contributed by atoms with Crippen molar-refractivity contribution in [2.75, 3.05) is 31.6 Å². The maximum absolute atomic E-state index is 5.69. The molecule has 0 spiro atoms. The Balaban J connectivity index is 2.10. The SMILES string of the molecule is COc1cc(N2CCC(CN)CC2)nc(C)n1. The highest BCUT2D eigenvalue weighted by atomic mass is 16.5. The molecule has 1 aliphatic rings. The molecule has 0 aliphatic carbocycles. The zero-order valence-corrected chi connectivity index (χ0v) is 10.5. The summed E-state index contributed by atoms with van der Waals surface area (Å²) in [5.74, 6) is 3.01. The maximum Gasteiger partial charge on any atom is 0.218 e. The van der Waals surface area contributed by atoms with Crippen molar-refractivity contribution in [3.05, 3.63) is 11.9 Å². The summed E-state index contributed by atoms with van der Waals surface area (Å²) < 4.78 is 5.17. The summed E-state index contributed by atoms with van der Waals surface area (Å²) in [5.41, 5.74) is 5.69. The minimum Gasteiger partial charge on any atom is -0.481 e. The van der Waals surface area contributed by atoms with Crippen molar-refractivity contribution >= 4 is 5.82 Å². The van der Waals surface area contributed by atoms with Crippen LogP contribution in [0.3, 0.4) is 0 Å². The van der Waals surface area contributed by atoms with Crippen LogP contribution >= 0.6 is 0 Å². The lowest BCUT2D eigenvalue weighted by Crippen LogP contribution is -2.36. The van der Waals surface area contributed by atoms with E-state index in [0.29, 0.717) is 11.8 Å². The van der Waals surface area contributed by atoms with Gasteiger partial charge >= 0.3 is 0 Å². The number of rotatable bonds is 3. The Morgan fingerprint density at radius 2 is 2.12 bits per heavy atom. The number of nitrogens with zero attached hydrogens (tertiary/aromatic N) is 3. The van der Waals surface area contributed by atoms with Crippen LogP contribution in [0.1, 0.15) is 18.7 Å². The molecular weight excluding hydrogens is 216 g/mol. The first-order valence-electron chi connectivity index (χ1n) is 6.07. The quantitative estimate of drug-likeness (QED) is 0.847. The van der Waals surface area contributed by atoms with Crippen molar-refractivity contribution < 1.29 is 4.74 Å². The normalized spacial score (nSPS) is 17.2. The van der Waals surface area contributed by atoms with E-state index < -0.39 is 0 Å². The van der Waals surface area contributed by atoms with E-state index in [9.17, 15) is 0 Å². The third-order valence-corrected chi connectivity index (χ3v) is 3.28. The monoisotopic (exact) mass is 236 g/mol. The smallest absolute Gasteiger partial charge is 0.218 e. The van der Waals surface area contributed by atoms with Crippen molar-refractivity contribution in [1.82, 2.24) is 9.97 Å². The summed E-state index contributed by atoms with van der Waals surface area (Å²) in [6.45, 7) is 4.71. The van der Waals surface area contributed by atoms with Crippen LogP contribution in [-0.4, -0.2) is 36.7 Å². The van der Waals surface area contributed by atoms with Crippen molar-refractivity contribution in [2.45, 2.75) is 19.8 Å². The third-order valence-electron chi connectivity index (χ3n) is 3.28. The fraction of sp³-hybridized carbons (Fsp3) is 0.667. The average molecular weight is 236 g/mol. The lowest BCUT2D eigenvalue weighted by atomic mass is 9.97. The van der Waals surface area contributed by atoms with Crippen LogP contribution in [0.2, 0.25) is 0 Å². The topological polar surface area (TPSA) is 64.3 Å². The van der Waals surface area contributed by atoms with Crippen LogP contribution in [-0.2, 0) is 0 Å². The molecule has 94 valence electrons. The van der Waals surface area contributed by atoms with Crippen LogP contribution in [0.5, 0.6) is 5.88 Å². The van der Waals surface area contributed by atoms with Crippen LogP contribution < -0.4 is 15.4 Å². The van der Waals surface area contributed by atoms with Crippen molar-refractivity contribution in [3.8, 4) is 5.88 Å². The first-order chi connectivity index (χ1) is 8.22. The van der Waals surface area contributed by atoms with Gasteiger partial charge in [-0.25, -0.2) is 4.98 Å². The molecule has 1 aliphatic heterocycles. The summed E-state index contributed by atoms with van der Waals surface area (Å²) in [5, 5.41) is 0. The Morgan fingerprint density at radius 1 is 1.41 bits per heavy atom. The second-order valence-corrected chi connectivity index (χ2v) is 4.48. The van der Waals surface area contributed by atoms with E-state index in [0.717, 1.165) is 44.1 Å². The molecule has 1 aromatic rings. The van der Waals surface area contributed by atoms with Gasteiger partial charge in [0.05, 0.1) is 7.11 Å². The van der Waals surface area contributed by atoms with Gasteiger partial charge in [0.15, 0.2) is 0 Å². The van der Waals surface area contributed by atoms with E-state index >= 15 is 0 Å². The summed E-state index contributed by atoms with van der Waals surface area (Å²) in [6, 6.07) is 1.90. The Bertz CT molecular complexity index is 375. The molecule has 0 aromatic carbocycles. The number of piperidine rings is 1. The highest BCUT2D eigenvalue weighted by Gasteiger charge is 2.19. The van der Waals surface area contributed by atoms with Crippen molar-refractivity contribution in [2.24, 2.45) is 11.7 Å². The lowest BCUT2D eigenvalue weighted by Gasteiger charge is -2.32. The van der Waals surface area contributed by atoms with Gasteiger partial charge in [0.2, 0.25) is 5.88 Å². The van der Waals surface area contributed by atoms with Gasteiger partial charge in [-0.15, -0.1) is 0 Å². The first-order valence-corrected chi connectivity index (χ1v) is 6.07. The van der Waals surface area contributed by atoms with Crippen molar-refractivity contribution in [1.29, 1.82) is 0 Å². The molecule has 2 rings (SSSR count). The predicted molar refractivity (Wildman–Crippen MR) is 67.3 cm³/mol. The number of hydrogen-bond donors (Lipinski definition) is 1. The number of methoxy groups -OCH3 is 1. The van der Waals surface area contributed by atoms with Crippen LogP contribution in [0, 0.1) is 12.8 Å². The minimum atomic E-state index is 0.633. The summed E-state index contributed by atoms with van der Waals surface area (Å²) in [6.07, 6.45) is 2.28. The largest absolute Gasteiger partial charge is 0.481 e. The minimum absolute atomic E-state index is 0.633. The molecule has 1 aromatic heterocycles. The number of ether oxygens (including phenoxy) is 1. The van der Waals surface area contributed by atoms with E-state index in [1.807, 2.05) is 13.0 Å². The van der Waals surface area contributed by atoms with Gasteiger partial charge in [-0.3, -0.25) is 0 Å². The number of aryl methyl sites for hydroxylation is 1. The Morgan fingerprint density at radius 3 is 2.71 bits per heavy atom. The molecule has 5 heteroatoms. The Hall–Kier alpha value is -1.36. The summed E-state index contributed by atoms with van der Waals surface area (Å²) in [7, 11) is 1.63. The van der Waals surface area contributed by atoms with Gasteiger partial charge in [0.1, 0.15) is 11.6 Å². The molecule has 0 saturated carbocycles. The molecule has 1 saturated heterocycles. The summed E-state index contributed by atoms with van der Waals surface area (Å²) in [4.78, 5) is 10.9. The third kappa shape index (κ3) is 2.85. The predicted octanol–water partition coefficient (Wildman–Crippen LogP) is 0.969. The molecule has 0 unspecified atom stereocenters. The van der Waals surface area contributed by atoms with Gasteiger partial charge < -0.3 is 15.4 Å². The molecular formula is C12H20N4O. The average Bonchev–Trinajstić information content (AvgIpc) is 2.38. The first kappa shape index (κ1) is 12.1. The molecule has 0 amide bonds. The number of aromatic nitrogens is 2.